The van der Waals surface area contributed by atoms with Gasteiger partial charge in [0.05, 0.1) is 0 Å². The molecule has 0 unspecified atom stereocenters. The first-order valence-corrected chi connectivity index (χ1v) is 6.48. The van der Waals surface area contributed by atoms with Gasteiger partial charge in [-0.25, -0.2) is 8.78 Å². The number of benzene rings is 1. The summed E-state index contributed by atoms with van der Waals surface area (Å²) in [6.45, 7) is 2.54. The first kappa shape index (κ1) is 13.3. The van der Waals surface area contributed by atoms with E-state index in [4.69, 9.17) is 5.11 Å². The smallest absolute Gasteiger partial charge is 0.187 e. The molecule has 1 aromatic carbocycles. The van der Waals surface area contributed by atoms with E-state index in [2.05, 4.69) is 12.2 Å². The van der Waals surface area contributed by atoms with Crippen LogP contribution in [0.1, 0.15) is 38.2 Å². The predicted molar refractivity (Wildman–Crippen MR) is 66.3 cm³/mol. The zero-order valence-electron chi connectivity index (χ0n) is 10.5. The molecule has 1 atom stereocenters. The van der Waals surface area contributed by atoms with E-state index in [-0.39, 0.29) is 0 Å². The van der Waals surface area contributed by atoms with E-state index in [1.54, 1.807) is 0 Å². The Kier molecular flexibility index (Phi) is 4.17. The topological polar surface area (TPSA) is 32.3 Å². The van der Waals surface area contributed by atoms with Crippen molar-refractivity contribution in [3.63, 3.8) is 0 Å². The Bertz CT molecular complexity index is 393. The van der Waals surface area contributed by atoms with E-state index in [1.165, 1.54) is 37.8 Å². The van der Waals surface area contributed by atoms with Gasteiger partial charge in [0.25, 0.3) is 0 Å². The minimum Gasteiger partial charge on any atom is -0.503 e. The maximum Gasteiger partial charge on any atom is 0.187 e. The lowest BCUT2D eigenvalue weighted by atomic mass is 9.99. The average Bonchev–Trinajstić information content (AvgIpc) is 2.86. The molecule has 0 amide bonds. The van der Waals surface area contributed by atoms with Gasteiger partial charge >= 0.3 is 0 Å². The lowest BCUT2D eigenvalue weighted by molar-refractivity contribution is 0.376. The molecule has 0 aliphatic heterocycles. The Morgan fingerprint density at radius 2 is 1.83 bits per heavy atom. The number of hydrogen-bond acceptors (Lipinski definition) is 2. The van der Waals surface area contributed by atoms with E-state index in [9.17, 15) is 8.78 Å². The first-order chi connectivity index (χ1) is 8.58. The fourth-order valence-electron chi connectivity index (χ4n) is 2.62. The van der Waals surface area contributed by atoms with Crippen molar-refractivity contribution in [3.05, 3.63) is 29.3 Å². The Morgan fingerprint density at radius 1 is 1.28 bits per heavy atom. The van der Waals surface area contributed by atoms with Crippen LogP contribution < -0.4 is 5.32 Å². The second-order valence-electron chi connectivity index (χ2n) is 5.12. The monoisotopic (exact) mass is 255 g/mol. The standard InChI is InChI=1S/C14H19F2NO/c1-9(11-4-2-3-5-11)17-8-10-6-12(15)14(18)13(16)7-10/h6-7,9,11,17-18H,2-5,8H2,1H3/t9-/m1/s1. The van der Waals surface area contributed by atoms with Gasteiger partial charge in [-0.3, -0.25) is 0 Å². The molecule has 0 radical (unpaired) electrons. The molecule has 1 aliphatic rings. The fourth-order valence-corrected chi connectivity index (χ4v) is 2.62. The van der Waals surface area contributed by atoms with E-state index in [0.29, 0.717) is 24.1 Å². The minimum absolute atomic E-state index is 0.354. The lowest BCUT2D eigenvalue weighted by Gasteiger charge is -2.20. The third-order valence-electron chi connectivity index (χ3n) is 3.81. The van der Waals surface area contributed by atoms with Crippen LogP contribution >= 0.6 is 0 Å². The van der Waals surface area contributed by atoms with Gasteiger partial charge in [-0.2, -0.15) is 0 Å². The molecule has 2 N–H and O–H groups in total. The van der Waals surface area contributed by atoms with Crippen LogP contribution in [0.4, 0.5) is 8.78 Å². The van der Waals surface area contributed by atoms with Crippen LogP contribution in [0.15, 0.2) is 12.1 Å². The normalized spacial score (nSPS) is 18.2. The van der Waals surface area contributed by atoms with Gasteiger partial charge in [0.15, 0.2) is 17.4 Å². The highest BCUT2D eigenvalue weighted by Crippen LogP contribution is 2.28. The van der Waals surface area contributed by atoms with Crippen LogP contribution in [0.3, 0.4) is 0 Å². The van der Waals surface area contributed by atoms with Gasteiger partial charge in [0.2, 0.25) is 0 Å². The van der Waals surface area contributed by atoms with Crippen molar-refractivity contribution in [1.82, 2.24) is 5.32 Å². The van der Waals surface area contributed by atoms with E-state index < -0.39 is 17.4 Å². The summed E-state index contributed by atoms with van der Waals surface area (Å²) in [6, 6.07) is 2.70. The van der Waals surface area contributed by atoms with Gasteiger partial charge < -0.3 is 10.4 Å². The molecule has 0 bridgehead atoms. The second kappa shape index (κ2) is 5.65. The minimum atomic E-state index is -0.902. The van der Waals surface area contributed by atoms with Crippen LogP contribution in [0, 0.1) is 17.6 Å². The van der Waals surface area contributed by atoms with Gasteiger partial charge in [-0.05, 0) is 43.4 Å². The lowest BCUT2D eigenvalue weighted by Crippen LogP contribution is -2.31. The molecule has 0 aromatic heterocycles. The van der Waals surface area contributed by atoms with Crippen molar-refractivity contribution >= 4 is 0 Å². The largest absolute Gasteiger partial charge is 0.503 e. The maximum atomic E-state index is 13.1. The van der Waals surface area contributed by atoms with Gasteiger partial charge in [0, 0.05) is 12.6 Å². The first-order valence-electron chi connectivity index (χ1n) is 6.48. The quantitative estimate of drug-likeness (QED) is 0.864. The Morgan fingerprint density at radius 3 is 2.39 bits per heavy atom. The molecule has 4 heteroatoms. The molecular formula is C14H19F2NO. The van der Waals surface area contributed by atoms with Crippen molar-refractivity contribution in [3.8, 4) is 5.75 Å². The SMILES string of the molecule is C[C@@H](NCc1cc(F)c(O)c(F)c1)C1CCCC1. The van der Waals surface area contributed by atoms with Crippen LogP contribution in [0.2, 0.25) is 0 Å². The van der Waals surface area contributed by atoms with Gasteiger partial charge in [-0.15, -0.1) is 0 Å². The van der Waals surface area contributed by atoms with Crippen molar-refractivity contribution in [2.75, 3.05) is 0 Å². The molecule has 2 nitrogen and oxygen atoms in total. The van der Waals surface area contributed by atoms with Crippen LogP contribution in [-0.4, -0.2) is 11.1 Å². The molecule has 0 saturated heterocycles. The molecular weight excluding hydrogens is 236 g/mol. The third kappa shape index (κ3) is 2.99. The molecule has 0 heterocycles. The Hall–Kier alpha value is -1.16. The number of rotatable bonds is 4. The Balaban J connectivity index is 1.93. The molecule has 2 rings (SSSR count). The van der Waals surface area contributed by atoms with Crippen LogP contribution in [0.5, 0.6) is 5.75 Å². The second-order valence-corrected chi connectivity index (χ2v) is 5.12. The highest BCUT2D eigenvalue weighted by molar-refractivity contribution is 5.29. The summed E-state index contributed by atoms with van der Waals surface area (Å²) in [7, 11) is 0. The number of nitrogens with one attached hydrogen (secondary N) is 1. The van der Waals surface area contributed by atoms with E-state index >= 15 is 0 Å². The average molecular weight is 255 g/mol. The van der Waals surface area contributed by atoms with Crippen LogP contribution in [0.25, 0.3) is 0 Å². The molecule has 100 valence electrons. The summed E-state index contributed by atoms with van der Waals surface area (Å²) in [5.74, 6) is -2.04. The third-order valence-corrected chi connectivity index (χ3v) is 3.81. The number of hydrogen-bond donors (Lipinski definition) is 2. The summed E-state index contributed by atoms with van der Waals surface area (Å²) in [5, 5.41) is 12.3. The predicted octanol–water partition coefficient (Wildman–Crippen LogP) is 3.34. The summed E-state index contributed by atoms with van der Waals surface area (Å²) >= 11 is 0. The van der Waals surface area contributed by atoms with Crippen molar-refractivity contribution in [1.29, 1.82) is 0 Å². The van der Waals surface area contributed by atoms with Crippen LogP contribution in [-0.2, 0) is 6.54 Å². The zero-order chi connectivity index (χ0) is 13.1. The summed E-state index contributed by atoms with van der Waals surface area (Å²) in [5.41, 5.74) is 0.521. The van der Waals surface area contributed by atoms with Gasteiger partial charge in [0.1, 0.15) is 0 Å². The Labute approximate surface area is 106 Å². The highest BCUT2D eigenvalue weighted by Gasteiger charge is 2.21. The van der Waals surface area contributed by atoms with Crippen molar-refractivity contribution in [2.24, 2.45) is 5.92 Å². The van der Waals surface area contributed by atoms with E-state index in [1.807, 2.05) is 0 Å². The molecule has 1 fully saturated rings. The summed E-state index contributed by atoms with van der Waals surface area (Å²) in [6.07, 6.45) is 5.01. The number of aromatic hydroxyl groups is 1. The molecule has 1 aliphatic carbocycles. The summed E-state index contributed by atoms with van der Waals surface area (Å²) in [4.78, 5) is 0. The molecule has 0 spiro atoms. The highest BCUT2D eigenvalue weighted by atomic mass is 19.1. The van der Waals surface area contributed by atoms with Crippen molar-refractivity contribution in [2.45, 2.75) is 45.2 Å². The van der Waals surface area contributed by atoms with Crippen molar-refractivity contribution < 1.29 is 13.9 Å². The van der Waals surface area contributed by atoms with Gasteiger partial charge in [-0.1, -0.05) is 12.8 Å². The van der Waals surface area contributed by atoms with E-state index in [0.717, 1.165) is 0 Å². The fraction of sp³-hybridized carbons (Fsp3) is 0.571. The molecule has 18 heavy (non-hydrogen) atoms. The number of phenols is 1. The number of phenolic OH excluding ortho intramolecular Hbond substituents is 1. The molecule has 1 aromatic rings. The summed E-state index contributed by atoms with van der Waals surface area (Å²) < 4.78 is 26.3. The number of halogens is 2. The zero-order valence-corrected chi connectivity index (χ0v) is 10.5. The maximum absolute atomic E-state index is 13.1. The molecule has 1 saturated carbocycles.